The number of carbonyl (C=O) groups excluding carboxylic acids is 1. The van der Waals surface area contributed by atoms with Gasteiger partial charge in [0.05, 0.1) is 5.41 Å². The summed E-state index contributed by atoms with van der Waals surface area (Å²) in [6, 6.07) is 3.21. The van der Waals surface area contributed by atoms with E-state index in [0.717, 1.165) is 11.1 Å². The van der Waals surface area contributed by atoms with Crippen LogP contribution in [0.15, 0.2) is 24.3 Å². The number of hydrogen-bond acceptors (Lipinski definition) is 5. The smallest absolute Gasteiger partial charge is 0.196 e. The van der Waals surface area contributed by atoms with Crippen LogP contribution in [-0.2, 0) is 16.6 Å². The Hall–Kier alpha value is -1.85. The van der Waals surface area contributed by atoms with Crippen LogP contribution in [0.4, 0.5) is 0 Å². The molecule has 0 aromatic heterocycles. The van der Waals surface area contributed by atoms with Gasteiger partial charge in [0.2, 0.25) is 0 Å². The average Bonchev–Trinajstić information content (AvgIpc) is 2.79. The third-order valence-corrected chi connectivity index (χ3v) is 5.40. The highest BCUT2D eigenvalue weighted by atomic mass is 16.5. The zero-order valence-electron chi connectivity index (χ0n) is 11.9. The maximum Gasteiger partial charge on any atom is 0.196 e. The van der Waals surface area contributed by atoms with Crippen LogP contribution in [0.25, 0.3) is 0 Å². The van der Waals surface area contributed by atoms with Crippen LogP contribution >= 0.6 is 0 Å². The third kappa shape index (κ3) is 1.23. The Morgan fingerprint density at radius 1 is 1.43 bits per heavy atom. The lowest BCUT2D eigenvalue weighted by Crippen LogP contribution is -2.69. The van der Waals surface area contributed by atoms with Gasteiger partial charge in [-0.25, -0.2) is 0 Å². The molecule has 1 heterocycles. The van der Waals surface area contributed by atoms with Gasteiger partial charge >= 0.3 is 0 Å². The van der Waals surface area contributed by atoms with Gasteiger partial charge in [-0.2, -0.15) is 0 Å². The molecule has 2 aliphatic carbocycles. The first-order valence-corrected chi connectivity index (χ1v) is 7.08. The minimum absolute atomic E-state index is 0.0161. The van der Waals surface area contributed by atoms with Gasteiger partial charge in [0.25, 0.3) is 0 Å². The first-order valence-electron chi connectivity index (χ1n) is 7.08. The van der Waals surface area contributed by atoms with E-state index in [1.165, 1.54) is 6.08 Å². The Morgan fingerprint density at radius 3 is 2.90 bits per heavy atom. The number of phenolic OH excluding ortho intramolecular Hbond substituents is 1. The molecule has 4 atom stereocenters. The van der Waals surface area contributed by atoms with Crippen molar-refractivity contribution in [3.63, 3.8) is 0 Å². The van der Waals surface area contributed by atoms with Crippen molar-refractivity contribution >= 4 is 5.78 Å². The minimum atomic E-state index is -1.23. The van der Waals surface area contributed by atoms with Crippen LogP contribution in [0.2, 0.25) is 0 Å². The van der Waals surface area contributed by atoms with Crippen LogP contribution < -0.4 is 10.1 Å². The Labute approximate surface area is 122 Å². The molecule has 1 aromatic rings. The van der Waals surface area contributed by atoms with Crippen molar-refractivity contribution in [1.29, 1.82) is 0 Å². The molecule has 3 aliphatic rings. The summed E-state index contributed by atoms with van der Waals surface area (Å²) < 4.78 is 5.77. The Morgan fingerprint density at radius 2 is 2.19 bits per heavy atom. The molecular formula is C16H17NO4. The van der Waals surface area contributed by atoms with Gasteiger partial charge in [-0.3, -0.25) is 4.79 Å². The Kier molecular flexibility index (Phi) is 2.25. The van der Waals surface area contributed by atoms with Crippen LogP contribution in [0.1, 0.15) is 18.1 Å². The predicted octanol–water partition coefficient (Wildman–Crippen LogP) is 0.425. The molecule has 0 spiro atoms. The molecule has 5 heteroatoms. The summed E-state index contributed by atoms with van der Waals surface area (Å²) in [5.74, 6) is 0.174. The fraction of sp³-hybridized carbons (Fsp3) is 0.438. The maximum atomic E-state index is 12.3. The highest BCUT2D eigenvalue weighted by molar-refractivity contribution is 5.98. The standard InChI is InChI=1S/C16H17NO4/c1-15-12-8-3-4-9(18)13(12)21-14(15)10(19)5-6-16(15,20)11(7-8)17-2/h3-6,11,14,17-18,20H,7H2,1-2H3/t11?,14-,15?,16+/m0/s1. The number of aliphatic hydroxyl groups is 1. The zero-order valence-corrected chi connectivity index (χ0v) is 11.9. The first kappa shape index (κ1) is 12.9. The number of benzene rings is 1. The monoisotopic (exact) mass is 287 g/mol. The van der Waals surface area contributed by atoms with E-state index in [1.807, 2.05) is 13.0 Å². The fourth-order valence-electron chi connectivity index (χ4n) is 4.24. The SMILES string of the molecule is CNC1Cc2ccc(O)c3c2C2(C)[C@@H](O3)C(=O)C=C[C@@]12O. The van der Waals surface area contributed by atoms with Gasteiger partial charge in [0.15, 0.2) is 23.4 Å². The van der Waals surface area contributed by atoms with Crippen LogP contribution in [0.3, 0.4) is 0 Å². The molecule has 1 aromatic carbocycles. The van der Waals surface area contributed by atoms with Crippen LogP contribution in [-0.4, -0.2) is 40.8 Å². The van der Waals surface area contributed by atoms with Gasteiger partial charge in [-0.1, -0.05) is 6.07 Å². The third-order valence-electron chi connectivity index (χ3n) is 5.40. The summed E-state index contributed by atoms with van der Waals surface area (Å²) in [6.45, 7) is 1.84. The molecular weight excluding hydrogens is 270 g/mol. The fourth-order valence-corrected chi connectivity index (χ4v) is 4.24. The van der Waals surface area contributed by atoms with Crippen LogP contribution in [0.5, 0.6) is 11.5 Å². The Bertz CT molecular complexity index is 698. The summed E-state index contributed by atoms with van der Waals surface area (Å²) in [7, 11) is 1.80. The second-order valence-corrected chi connectivity index (χ2v) is 6.25. The number of hydrogen-bond donors (Lipinski definition) is 3. The summed E-state index contributed by atoms with van der Waals surface area (Å²) in [4.78, 5) is 12.3. The maximum absolute atomic E-state index is 12.3. The topological polar surface area (TPSA) is 78.8 Å². The van der Waals surface area contributed by atoms with Crippen molar-refractivity contribution in [3.05, 3.63) is 35.4 Å². The van der Waals surface area contributed by atoms with E-state index in [1.54, 1.807) is 19.2 Å². The van der Waals surface area contributed by atoms with Gasteiger partial charge in [0.1, 0.15) is 5.60 Å². The van der Waals surface area contributed by atoms with Crippen molar-refractivity contribution in [2.75, 3.05) is 7.05 Å². The van der Waals surface area contributed by atoms with E-state index < -0.39 is 17.1 Å². The zero-order chi connectivity index (χ0) is 15.0. The van der Waals surface area contributed by atoms with Gasteiger partial charge in [-0.15, -0.1) is 0 Å². The van der Waals surface area contributed by atoms with Crippen molar-refractivity contribution in [2.45, 2.75) is 36.5 Å². The highest BCUT2D eigenvalue weighted by Gasteiger charge is 2.67. The lowest BCUT2D eigenvalue weighted by molar-refractivity contribution is -0.132. The van der Waals surface area contributed by atoms with Gasteiger partial charge < -0.3 is 20.3 Å². The normalized spacial score (nSPS) is 39.1. The summed E-state index contributed by atoms with van der Waals surface area (Å²) in [5.41, 5.74) is -0.361. The average molecular weight is 287 g/mol. The molecule has 0 radical (unpaired) electrons. The number of phenols is 1. The number of nitrogens with one attached hydrogen (secondary N) is 1. The molecule has 4 rings (SSSR count). The molecule has 21 heavy (non-hydrogen) atoms. The highest BCUT2D eigenvalue weighted by Crippen LogP contribution is 2.59. The van der Waals surface area contributed by atoms with Gasteiger partial charge in [-0.05, 0) is 44.2 Å². The van der Waals surface area contributed by atoms with E-state index in [9.17, 15) is 15.0 Å². The number of ether oxygens (including phenoxy) is 1. The van der Waals surface area contributed by atoms with Crippen molar-refractivity contribution in [1.82, 2.24) is 5.32 Å². The summed E-state index contributed by atoms with van der Waals surface area (Å²) in [6.07, 6.45) is 2.79. The van der Waals surface area contributed by atoms with E-state index in [4.69, 9.17) is 4.74 Å². The summed E-state index contributed by atoms with van der Waals surface area (Å²) >= 11 is 0. The molecule has 3 N–H and O–H groups in total. The van der Waals surface area contributed by atoms with E-state index in [2.05, 4.69) is 5.32 Å². The molecule has 2 unspecified atom stereocenters. The number of carbonyl (C=O) groups is 1. The molecule has 0 bridgehead atoms. The minimum Gasteiger partial charge on any atom is -0.504 e. The second kappa shape index (κ2) is 3.67. The molecule has 0 amide bonds. The molecule has 0 saturated heterocycles. The largest absolute Gasteiger partial charge is 0.504 e. The van der Waals surface area contributed by atoms with E-state index in [0.29, 0.717) is 12.2 Å². The predicted molar refractivity (Wildman–Crippen MR) is 75.5 cm³/mol. The molecule has 5 nitrogen and oxygen atoms in total. The Balaban J connectivity index is 2.09. The molecule has 0 fully saturated rings. The number of rotatable bonds is 1. The number of aromatic hydroxyl groups is 1. The number of ketones is 1. The van der Waals surface area contributed by atoms with E-state index in [-0.39, 0.29) is 17.6 Å². The van der Waals surface area contributed by atoms with Crippen molar-refractivity contribution < 1.29 is 19.7 Å². The van der Waals surface area contributed by atoms with Crippen molar-refractivity contribution in [2.24, 2.45) is 0 Å². The number of likely N-dealkylation sites (N-methyl/N-ethyl adjacent to an activating group) is 1. The lowest BCUT2D eigenvalue weighted by Gasteiger charge is -2.52. The van der Waals surface area contributed by atoms with Gasteiger partial charge in [0, 0.05) is 11.6 Å². The molecule has 1 aliphatic heterocycles. The molecule has 110 valence electrons. The lowest BCUT2D eigenvalue weighted by atomic mass is 9.55. The van der Waals surface area contributed by atoms with Crippen molar-refractivity contribution in [3.8, 4) is 11.5 Å². The van der Waals surface area contributed by atoms with Crippen LogP contribution in [0, 0.1) is 0 Å². The van der Waals surface area contributed by atoms with E-state index >= 15 is 0 Å². The molecule has 0 saturated carbocycles. The first-order chi connectivity index (χ1) is 9.93. The quantitative estimate of drug-likeness (QED) is 0.698. The second-order valence-electron chi connectivity index (χ2n) is 6.25. The summed E-state index contributed by atoms with van der Waals surface area (Å²) in [5, 5.41) is 24.5.